The topological polar surface area (TPSA) is 12.4 Å². The summed E-state index contributed by atoms with van der Waals surface area (Å²) < 4.78 is 0. The van der Waals surface area contributed by atoms with E-state index in [9.17, 15) is 0 Å². The van der Waals surface area contributed by atoms with Gasteiger partial charge in [0.05, 0.1) is 11.2 Å². The van der Waals surface area contributed by atoms with E-state index >= 15 is 0 Å². The van der Waals surface area contributed by atoms with Crippen LogP contribution in [0.25, 0.3) is 6.08 Å². The quantitative estimate of drug-likeness (QED) is 0.566. The van der Waals surface area contributed by atoms with Crippen molar-refractivity contribution in [3.63, 3.8) is 0 Å². The standard InChI is InChI=1S/C14H9NS/c1-2-4-11-9(3-1)5-10-6-13-14(7-12(10)11)16-8-15-13/h1-7H,8H2. The molecule has 0 amide bonds. The molecule has 0 aromatic heterocycles. The first kappa shape index (κ1) is 8.59. The Morgan fingerprint density at radius 2 is 2.00 bits per heavy atom. The number of nitrogens with zero attached hydrogens (tertiary/aromatic N) is 1. The van der Waals surface area contributed by atoms with Crippen molar-refractivity contribution < 1.29 is 0 Å². The molecule has 2 aromatic rings. The summed E-state index contributed by atoms with van der Waals surface area (Å²) >= 11 is 1.83. The Hall–Kier alpha value is -1.54. The van der Waals surface area contributed by atoms with E-state index in [1.807, 2.05) is 11.8 Å². The molecule has 2 heteroatoms. The number of hydrogen-bond donors (Lipinski definition) is 0. The van der Waals surface area contributed by atoms with E-state index in [1.165, 1.54) is 26.1 Å². The fraction of sp³-hybridized carbons (Fsp3) is 0.0714. The van der Waals surface area contributed by atoms with Crippen molar-refractivity contribution in [2.75, 3.05) is 5.88 Å². The molecule has 2 aromatic carbocycles. The average molecular weight is 223 g/mol. The van der Waals surface area contributed by atoms with Crippen molar-refractivity contribution in [3.05, 3.63) is 63.0 Å². The van der Waals surface area contributed by atoms with Crippen LogP contribution >= 0.6 is 11.8 Å². The van der Waals surface area contributed by atoms with Crippen LogP contribution in [-0.4, -0.2) is 5.88 Å². The van der Waals surface area contributed by atoms with Crippen LogP contribution in [0.5, 0.6) is 0 Å². The van der Waals surface area contributed by atoms with Crippen LogP contribution in [0, 0.1) is 10.4 Å². The number of rotatable bonds is 0. The van der Waals surface area contributed by atoms with Crippen molar-refractivity contribution in [3.8, 4) is 0 Å². The highest BCUT2D eigenvalue weighted by molar-refractivity contribution is 7.99. The average Bonchev–Trinajstić information content (AvgIpc) is 2.88. The maximum atomic E-state index is 4.48. The summed E-state index contributed by atoms with van der Waals surface area (Å²) in [6, 6.07) is 13.1. The molecule has 0 atom stereocenters. The highest BCUT2D eigenvalue weighted by Crippen LogP contribution is 2.21. The zero-order valence-electron chi connectivity index (χ0n) is 8.60. The maximum absolute atomic E-state index is 4.48. The molecule has 1 aliphatic heterocycles. The highest BCUT2D eigenvalue weighted by Gasteiger charge is 2.09. The lowest BCUT2D eigenvalue weighted by molar-refractivity contribution is 1.20. The van der Waals surface area contributed by atoms with Crippen molar-refractivity contribution >= 4 is 17.8 Å². The van der Waals surface area contributed by atoms with Crippen LogP contribution in [0.3, 0.4) is 0 Å². The van der Waals surface area contributed by atoms with E-state index in [0.717, 1.165) is 11.2 Å². The monoisotopic (exact) mass is 223 g/mol. The number of benzene rings is 2. The molecule has 16 heavy (non-hydrogen) atoms. The molecule has 2 aliphatic rings. The van der Waals surface area contributed by atoms with E-state index < -0.39 is 0 Å². The fourth-order valence-electron chi connectivity index (χ4n) is 2.38. The molecule has 0 spiro atoms. The van der Waals surface area contributed by atoms with Crippen molar-refractivity contribution in [1.82, 2.24) is 0 Å². The molecule has 76 valence electrons. The molecule has 1 aliphatic carbocycles. The summed E-state index contributed by atoms with van der Waals surface area (Å²) in [6.07, 6.45) is 2.25. The summed E-state index contributed by atoms with van der Waals surface area (Å²) in [6.45, 7) is 0. The van der Waals surface area contributed by atoms with Crippen LogP contribution in [0.2, 0.25) is 0 Å². The third-order valence-corrected chi connectivity index (χ3v) is 4.04. The van der Waals surface area contributed by atoms with Gasteiger partial charge in [-0.3, -0.25) is 4.99 Å². The summed E-state index contributed by atoms with van der Waals surface area (Å²) in [5.74, 6) is 0.875. The number of thioether (sulfide) groups is 1. The summed E-state index contributed by atoms with van der Waals surface area (Å²) in [4.78, 5) is 5.81. The lowest BCUT2D eigenvalue weighted by Crippen LogP contribution is -2.00. The third-order valence-electron chi connectivity index (χ3n) is 3.15. The Bertz CT molecular complexity index is 806. The minimum atomic E-state index is 0.875. The molecule has 0 N–H and O–H groups in total. The summed E-state index contributed by atoms with van der Waals surface area (Å²) in [5, 5.41) is 5.20. The van der Waals surface area contributed by atoms with Crippen LogP contribution in [0.4, 0.5) is 0 Å². The molecule has 1 heterocycles. The van der Waals surface area contributed by atoms with Gasteiger partial charge < -0.3 is 0 Å². The zero-order valence-corrected chi connectivity index (χ0v) is 9.42. The summed E-state index contributed by atoms with van der Waals surface area (Å²) in [7, 11) is 0. The Morgan fingerprint density at radius 3 is 3.00 bits per heavy atom. The maximum Gasteiger partial charge on any atom is 0.0898 e. The molecular formula is C14H9NS. The predicted octanol–water partition coefficient (Wildman–Crippen LogP) is 1.80. The summed E-state index contributed by atoms with van der Waals surface area (Å²) in [5.41, 5.74) is 1.31. The zero-order chi connectivity index (χ0) is 10.5. The SMILES string of the molecule is C1=c2ccccc2=c2cc3c(cc21)=NCS3. The van der Waals surface area contributed by atoms with Crippen LogP contribution in [0.15, 0.2) is 46.3 Å². The van der Waals surface area contributed by atoms with Gasteiger partial charge in [-0.25, -0.2) is 0 Å². The fourth-order valence-corrected chi connectivity index (χ4v) is 3.20. The van der Waals surface area contributed by atoms with Gasteiger partial charge in [0.1, 0.15) is 0 Å². The Kier molecular flexibility index (Phi) is 1.60. The van der Waals surface area contributed by atoms with E-state index in [0.29, 0.717) is 0 Å². The second kappa shape index (κ2) is 2.98. The van der Waals surface area contributed by atoms with E-state index in [2.05, 4.69) is 47.5 Å². The lowest BCUT2D eigenvalue weighted by Gasteiger charge is -1.94. The smallest absolute Gasteiger partial charge is 0.0898 e. The molecular weight excluding hydrogens is 214 g/mol. The van der Waals surface area contributed by atoms with Gasteiger partial charge in [-0.05, 0) is 39.4 Å². The predicted molar refractivity (Wildman–Crippen MR) is 65.6 cm³/mol. The minimum absolute atomic E-state index is 0.875. The third kappa shape index (κ3) is 1.05. The Labute approximate surface area is 96.8 Å². The molecule has 0 radical (unpaired) electrons. The first-order valence-electron chi connectivity index (χ1n) is 5.34. The van der Waals surface area contributed by atoms with Crippen LogP contribution < -0.4 is 10.6 Å². The first-order chi connectivity index (χ1) is 7.92. The van der Waals surface area contributed by atoms with Crippen molar-refractivity contribution in [2.45, 2.75) is 4.90 Å². The van der Waals surface area contributed by atoms with Crippen molar-refractivity contribution in [1.29, 1.82) is 0 Å². The molecule has 0 unspecified atom stereocenters. The Balaban J connectivity index is 2.28. The second-order valence-corrected chi connectivity index (χ2v) is 5.06. The van der Waals surface area contributed by atoms with E-state index in [4.69, 9.17) is 0 Å². The molecule has 0 bridgehead atoms. The van der Waals surface area contributed by atoms with Crippen LogP contribution in [0.1, 0.15) is 5.56 Å². The second-order valence-electron chi connectivity index (χ2n) is 4.07. The van der Waals surface area contributed by atoms with Gasteiger partial charge in [0.15, 0.2) is 0 Å². The van der Waals surface area contributed by atoms with Gasteiger partial charge in [-0.1, -0.05) is 24.3 Å². The number of fused-ring (bicyclic) bond motifs is 3. The van der Waals surface area contributed by atoms with E-state index in [-0.39, 0.29) is 0 Å². The van der Waals surface area contributed by atoms with Gasteiger partial charge in [0.2, 0.25) is 0 Å². The highest BCUT2D eigenvalue weighted by atomic mass is 32.2. The van der Waals surface area contributed by atoms with E-state index in [1.54, 1.807) is 0 Å². The van der Waals surface area contributed by atoms with Gasteiger partial charge in [-0.15, -0.1) is 11.8 Å². The normalized spacial score (nSPS) is 14.8. The largest absolute Gasteiger partial charge is 0.273 e. The molecule has 1 nitrogen and oxygen atoms in total. The molecule has 4 rings (SSSR count). The first-order valence-corrected chi connectivity index (χ1v) is 6.33. The van der Waals surface area contributed by atoms with Crippen LogP contribution in [-0.2, 0) is 0 Å². The van der Waals surface area contributed by atoms with Gasteiger partial charge >= 0.3 is 0 Å². The molecule has 0 saturated carbocycles. The Morgan fingerprint density at radius 1 is 1.06 bits per heavy atom. The molecule has 0 fully saturated rings. The van der Waals surface area contributed by atoms with Gasteiger partial charge in [0, 0.05) is 4.90 Å². The van der Waals surface area contributed by atoms with Crippen molar-refractivity contribution in [2.24, 2.45) is 4.99 Å². The minimum Gasteiger partial charge on any atom is -0.273 e. The number of hydrogen-bond acceptors (Lipinski definition) is 2. The van der Waals surface area contributed by atoms with Gasteiger partial charge in [0.25, 0.3) is 0 Å². The van der Waals surface area contributed by atoms with Gasteiger partial charge in [-0.2, -0.15) is 0 Å². The lowest BCUT2D eigenvalue weighted by atomic mass is 10.2. The molecule has 0 saturated heterocycles.